The third-order valence-corrected chi connectivity index (χ3v) is 3.34. The Morgan fingerprint density at radius 2 is 2.09 bits per heavy atom. The Morgan fingerprint density at radius 3 is 2.86 bits per heavy atom. The highest BCUT2D eigenvalue weighted by atomic mass is 16.5. The zero-order valence-corrected chi connectivity index (χ0v) is 12.2. The summed E-state index contributed by atoms with van der Waals surface area (Å²) in [5.74, 6) is -0.399. The number of hydrogen-bond donors (Lipinski definition) is 1. The van der Waals surface area contributed by atoms with Gasteiger partial charge in [0.25, 0.3) is 0 Å². The Balaban J connectivity index is 1.95. The van der Waals surface area contributed by atoms with E-state index in [-0.39, 0.29) is 0 Å². The summed E-state index contributed by atoms with van der Waals surface area (Å²) in [6.45, 7) is 2.12. The molecular formula is C18H16N2O2. The van der Waals surface area contributed by atoms with E-state index in [0.29, 0.717) is 12.3 Å². The molecule has 0 unspecified atom stereocenters. The molecule has 0 saturated heterocycles. The number of esters is 1. The molecule has 0 aliphatic heterocycles. The number of ether oxygens (including phenoxy) is 1. The van der Waals surface area contributed by atoms with E-state index in [0.717, 1.165) is 22.0 Å². The summed E-state index contributed by atoms with van der Waals surface area (Å²) < 4.78 is 4.99. The number of pyridine rings is 1. The third kappa shape index (κ3) is 2.91. The van der Waals surface area contributed by atoms with Crippen molar-refractivity contribution in [3.8, 4) is 0 Å². The van der Waals surface area contributed by atoms with Gasteiger partial charge in [0, 0.05) is 11.6 Å². The monoisotopic (exact) mass is 292 g/mol. The molecule has 0 radical (unpaired) electrons. The Bertz CT molecular complexity index is 819. The molecule has 0 fully saturated rings. The molecule has 3 aromatic rings. The summed E-state index contributed by atoms with van der Waals surface area (Å²) in [6.07, 6.45) is 7.61. The van der Waals surface area contributed by atoms with E-state index in [1.165, 1.54) is 0 Å². The molecule has 0 saturated carbocycles. The van der Waals surface area contributed by atoms with Crippen LogP contribution in [0, 0.1) is 0 Å². The molecule has 1 aromatic carbocycles. The van der Waals surface area contributed by atoms with E-state index in [4.69, 9.17) is 4.74 Å². The zero-order chi connectivity index (χ0) is 15.4. The minimum atomic E-state index is -0.399. The van der Waals surface area contributed by atoms with Crippen molar-refractivity contribution in [1.82, 2.24) is 9.97 Å². The minimum Gasteiger partial charge on any atom is -0.461 e. The molecule has 4 nitrogen and oxygen atoms in total. The maximum Gasteiger partial charge on any atom is 0.356 e. The standard InChI is InChI=1S/C18H16N2O2/c1-2-22-18(21)16-10-15-14(11-19-17(15)12-20-16)9-8-13-6-4-3-5-7-13/h3-12,19H,2H2,1H3/b9-8+. The minimum absolute atomic E-state index is 0.323. The highest BCUT2D eigenvalue weighted by molar-refractivity contribution is 5.96. The van der Waals surface area contributed by atoms with Gasteiger partial charge in [0.1, 0.15) is 5.69 Å². The number of carbonyl (C=O) groups is 1. The first-order valence-corrected chi connectivity index (χ1v) is 7.15. The number of rotatable bonds is 4. The lowest BCUT2D eigenvalue weighted by molar-refractivity contribution is 0.0520. The van der Waals surface area contributed by atoms with Gasteiger partial charge in [-0.1, -0.05) is 42.5 Å². The Labute approximate surface area is 128 Å². The van der Waals surface area contributed by atoms with Crippen molar-refractivity contribution in [1.29, 1.82) is 0 Å². The number of fused-ring (bicyclic) bond motifs is 1. The molecule has 2 heterocycles. The molecule has 4 heteroatoms. The van der Waals surface area contributed by atoms with Gasteiger partial charge < -0.3 is 9.72 Å². The van der Waals surface area contributed by atoms with Crippen LogP contribution in [0.15, 0.2) is 48.8 Å². The molecule has 22 heavy (non-hydrogen) atoms. The molecule has 3 rings (SSSR count). The number of aromatic amines is 1. The van der Waals surface area contributed by atoms with Crippen LogP contribution in [0.2, 0.25) is 0 Å². The third-order valence-electron chi connectivity index (χ3n) is 3.34. The fraction of sp³-hybridized carbons (Fsp3) is 0.111. The average molecular weight is 292 g/mol. The van der Waals surface area contributed by atoms with Crippen LogP contribution in [0.5, 0.6) is 0 Å². The summed E-state index contributed by atoms with van der Waals surface area (Å²) in [5.41, 5.74) is 3.34. The van der Waals surface area contributed by atoms with E-state index in [2.05, 4.69) is 9.97 Å². The van der Waals surface area contributed by atoms with Crippen LogP contribution in [-0.4, -0.2) is 22.5 Å². The summed E-state index contributed by atoms with van der Waals surface area (Å²) >= 11 is 0. The van der Waals surface area contributed by atoms with Crippen LogP contribution in [0.3, 0.4) is 0 Å². The number of benzene rings is 1. The lowest BCUT2D eigenvalue weighted by Crippen LogP contribution is -2.06. The lowest BCUT2D eigenvalue weighted by atomic mass is 10.1. The highest BCUT2D eigenvalue weighted by Crippen LogP contribution is 2.21. The first-order valence-electron chi connectivity index (χ1n) is 7.15. The normalized spacial score (nSPS) is 11.1. The van der Waals surface area contributed by atoms with Crippen molar-refractivity contribution < 1.29 is 9.53 Å². The van der Waals surface area contributed by atoms with Crippen molar-refractivity contribution >= 4 is 29.0 Å². The summed E-state index contributed by atoms with van der Waals surface area (Å²) in [4.78, 5) is 19.1. The molecule has 0 amide bonds. The van der Waals surface area contributed by atoms with Gasteiger partial charge in [0.15, 0.2) is 0 Å². The summed E-state index contributed by atoms with van der Waals surface area (Å²) in [5, 5.41) is 0.949. The Kier molecular flexibility index (Phi) is 4.01. The molecule has 1 N–H and O–H groups in total. The fourth-order valence-electron chi connectivity index (χ4n) is 2.25. The SMILES string of the molecule is CCOC(=O)c1cc2c(/C=C/c3ccccc3)c[nH]c2cn1. The number of hydrogen-bond acceptors (Lipinski definition) is 3. The van der Waals surface area contributed by atoms with Gasteiger partial charge in [0.2, 0.25) is 0 Å². The maximum atomic E-state index is 11.8. The van der Waals surface area contributed by atoms with E-state index in [1.807, 2.05) is 48.7 Å². The van der Waals surface area contributed by atoms with Crippen LogP contribution in [0.25, 0.3) is 23.1 Å². The van der Waals surface area contributed by atoms with Crippen molar-refractivity contribution in [2.45, 2.75) is 6.92 Å². The second-order valence-electron chi connectivity index (χ2n) is 4.82. The van der Waals surface area contributed by atoms with Crippen LogP contribution in [0.4, 0.5) is 0 Å². The zero-order valence-electron chi connectivity index (χ0n) is 12.2. The number of nitrogens with zero attached hydrogens (tertiary/aromatic N) is 1. The van der Waals surface area contributed by atoms with Gasteiger partial charge in [-0.3, -0.25) is 0 Å². The van der Waals surface area contributed by atoms with Crippen LogP contribution < -0.4 is 0 Å². The fourth-order valence-corrected chi connectivity index (χ4v) is 2.25. The number of nitrogens with one attached hydrogen (secondary N) is 1. The average Bonchev–Trinajstić information content (AvgIpc) is 2.96. The molecular weight excluding hydrogens is 276 g/mol. The van der Waals surface area contributed by atoms with Gasteiger partial charge >= 0.3 is 5.97 Å². The van der Waals surface area contributed by atoms with E-state index < -0.39 is 5.97 Å². The molecule has 0 bridgehead atoms. The second-order valence-corrected chi connectivity index (χ2v) is 4.82. The number of aromatic nitrogens is 2. The predicted octanol–water partition coefficient (Wildman–Crippen LogP) is 3.91. The van der Waals surface area contributed by atoms with Crippen LogP contribution in [-0.2, 0) is 4.74 Å². The Hall–Kier alpha value is -2.88. The quantitative estimate of drug-likeness (QED) is 0.742. The van der Waals surface area contributed by atoms with Crippen LogP contribution in [0.1, 0.15) is 28.5 Å². The van der Waals surface area contributed by atoms with Gasteiger partial charge in [-0.15, -0.1) is 0 Å². The largest absolute Gasteiger partial charge is 0.461 e. The lowest BCUT2D eigenvalue weighted by Gasteiger charge is -2.01. The number of H-pyrrole nitrogens is 1. The second kappa shape index (κ2) is 6.26. The van der Waals surface area contributed by atoms with Crippen molar-refractivity contribution in [3.05, 3.63) is 65.6 Å². The van der Waals surface area contributed by atoms with Crippen molar-refractivity contribution in [3.63, 3.8) is 0 Å². The summed E-state index contributed by atoms with van der Waals surface area (Å²) in [6, 6.07) is 11.8. The van der Waals surface area contributed by atoms with Gasteiger partial charge in [0.05, 0.1) is 18.3 Å². The van der Waals surface area contributed by atoms with Crippen LogP contribution >= 0.6 is 0 Å². The molecule has 0 atom stereocenters. The molecule has 110 valence electrons. The summed E-state index contributed by atoms with van der Waals surface area (Å²) in [7, 11) is 0. The first-order chi connectivity index (χ1) is 10.8. The van der Waals surface area contributed by atoms with Gasteiger partial charge in [-0.25, -0.2) is 9.78 Å². The predicted molar refractivity (Wildman–Crippen MR) is 87.4 cm³/mol. The van der Waals surface area contributed by atoms with Gasteiger partial charge in [-0.05, 0) is 24.1 Å². The molecule has 0 aliphatic carbocycles. The smallest absolute Gasteiger partial charge is 0.356 e. The molecule has 2 aromatic heterocycles. The molecule has 0 aliphatic rings. The van der Waals surface area contributed by atoms with Crippen molar-refractivity contribution in [2.24, 2.45) is 0 Å². The topological polar surface area (TPSA) is 55.0 Å². The van der Waals surface area contributed by atoms with E-state index >= 15 is 0 Å². The van der Waals surface area contributed by atoms with Crippen molar-refractivity contribution in [2.75, 3.05) is 6.61 Å². The van der Waals surface area contributed by atoms with Gasteiger partial charge in [-0.2, -0.15) is 0 Å². The Morgan fingerprint density at radius 1 is 1.27 bits per heavy atom. The molecule has 0 spiro atoms. The maximum absolute atomic E-state index is 11.8. The van der Waals surface area contributed by atoms with E-state index in [1.54, 1.807) is 19.2 Å². The highest BCUT2D eigenvalue weighted by Gasteiger charge is 2.10. The number of carbonyl (C=O) groups excluding carboxylic acids is 1. The van der Waals surface area contributed by atoms with E-state index in [9.17, 15) is 4.79 Å². The first kappa shape index (κ1) is 14.1.